The second-order valence-corrected chi connectivity index (χ2v) is 8.80. The third-order valence-electron chi connectivity index (χ3n) is 5.59. The van der Waals surface area contributed by atoms with Gasteiger partial charge >= 0.3 is 0 Å². The molecule has 1 amide bonds. The van der Waals surface area contributed by atoms with Crippen molar-refractivity contribution in [3.05, 3.63) is 23.3 Å². The molecular formula is C19H26N2O2S. The van der Waals surface area contributed by atoms with E-state index < -0.39 is 0 Å². The number of hydrogen-bond donors (Lipinski definition) is 1. The quantitative estimate of drug-likeness (QED) is 0.855. The lowest BCUT2D eigenvalue weighted by Gasteiger charge is -2.44. The minimum Gasteiger partial charge on any atom is -0.486 e. The van der Waals surface area contributed by atoms with Crippen LogP contribution in [-0.4, -0.2) is 48.3 Å². The Hall–Kier alpha value is -1.20. The highest BCUT2D eigenvalue weighted by molar-refractivity contribution is 7.98. The molecule has 2 bridgehead atoms. The van der Waals surface area contributed by atoms with Gasteiger partial charge in [0.2, 0.25) is 0 Å². The molecular weight excluding hydrogens is 320 g/mol. The van der Waals surface area contributed by atoms with Gasteiger partial charge in [-0.3, -0.25) is 4.79 Å². The van der Waals surface area contributed by atoms with E-state index in [0.717, 1.165) is 29.2 Å². The summed E-state index contributed by atoms with van der Waals surface area (Å²) in [6.45, 7) is 7.53. The van der Waals surface area contributed by atoms with Crippen molar-refractivity contribution in [1.82, 2.24) is 10.2 Å². The molecule has 1 aromatic rings. The lowest BCUT2D eigenvalue weighted by atomic mass is 9.84. The molecule has 1 atom stereocenters. The maximum atomic E-state index is 13.0. The highest BCUT2D eigenvalue weighted by Crippen LogP contribution is 2.40. The summed E-state index contributed by atoms with van der Waals surface area (Å²) >= 11 is 1.68. The molecule has 1 unspecified atom stereocenters. The maximum absolute atomic E-state index is 13.0. The number of fused-ring (bicyclic) bond motifs is 4. The largest absolute Gasteiger partial charge is 0.486 e. The van der Waals surface area contributed by atoms with E-state index in [1.807, 2.05) is 6.07 Å². The van der Waals surface area contributed by atoms with Gasteiger partial charge in [-0.2, -0.15) is 0 Å². The van der Waals surface area contributed by atoms with Crippen molar-refractivity contribution in [3.63, 3.8) is 0 Å². The first kappa shape index (κ1) is 16.3. The standard InChI is InChI=1S/C19H26N2O2S/c1-19(2)10-13-8-14(24-3)9-15(17(13)23-19)18(22)20-16-11-21-6-4-12(16)5-7-21/h8-9,12,16H,4-7,10-11H2,1-3H3,(H,20,22). The van der Waals surface area contributed by atoms with E-state index >= 15 is 0 Å². The third kappa shape index (κ3) is 2.93. The number of nitrogens with one attached hydrogen (secondary N) is 1. The van der Waals surface area contributed by atoms with Crippen LogP contribution < -0.4 is 10.1 Å². The van der Waals surface area contributed by atoms with Crippen molar-refractivity contribution in [2.75, 3.05) is 25.9 Å². The smallest absolute Gasteiger partial charge is 0.255 e. The molecule has 3 fully saturated rings. The van der Waals surface area contributed by atoms with Crippen LogP contribution in [0.1, 0.15) is 42.6 Å². The molecule has 3 saturated heterocycles. The van der Waals surface area contributed by atoms with Crippen LogP contribution in [0.4, 0.5) is 0 Å². The van der Waals surface area contributed by atoms with Gasteiger partial charge in [-0.15, -0.1) is 11.8 Å². The number of rotatable bonds is 3. The first-order valence-electron chi connectivity index (χ1n) is 8.88. The molecule has 0 aromatic heterocycles. The van der Waals surface area contributed by atoms with Crippen LogP contribution >= 0.6 is 11.8 Å². The van der Waals surface area contributed by atoms with Gasteiger partial charge in [0.05, 0.1) is 5.56 Å². The van der Waals surface area contributed by atoms with E-state index in [9.17, 15) is 4.79 Å². The van der Waals surface area contributed by atoms with Crippen molar-refractivity contribution >= 4 is 17.7 Å². The van der Waals surface area contributed by atoms with E-state index in [2.05, 4.69) is 36.4 Å². The number of hydrogen-bond acceptors (Lipinski definition) is 4. The van der Waals surface area contributed by atoms with E-state index in [1.54, 1.807) is 11.8 Å². The van der Waals surface area contributed by atoms with Crippen LogP contribution in [0.15, 0.2) is 17.0 Å². The van der Waals surface area contributed by atoms with Crippen molar-refractivity contribution in [2.45, 2.75) is 49.6 Å². The van der Waals surface area contributed by atoms with Crippen LogP contribution in [0.3, 0.4) is 0 Å². The van der Waals surface area contributed by atoms with Gasteiger partial charge in [-0.25, -0.2) is 0 Å². The van der Waals surface area contributed by atoms with Gasteiger partial charge < -0.3 is 15.0 Å². The summed E-state index contributed by atoms with van der Waals surface area (Å²) in [4.78, 5) is 16.6. The van der Waals surface area contributed by atoms with Crippen molar-refractivity contribution in [2.24, 2.45) is 5.92 Å². The summed E-state index contributed by atoms with van der Waals surface area (Å²) in [6.07, 6.45) is 5.32. The van der Waals surface area contributed by atoms with Crippen molar-refractivity contribution in [1.29, 1.82) is 0 Å². The topological polar surface area (TPSA) is 41.6 Å². The molecule has 0 aliphatic carbocycles. The zero-order chi connectivity index (χ0) is 16.9. The predicted molar refractivity (Wildman–Crippen MR) is 97.1 cm³/mol. The molecule has 24 heavy (non-hydrogen) atoms. The Morgan fingerprint density at radius 2 is 2.08 bits per heavy atom. The Morgan fingerprint density at radius 3 is 2.71 bits per heavy atom. The number of carbonyl (C=O) groups excluding carboxylic acids is 1. The lowest BCUT2D eigenvalue weighted by Crippen LogP contribution is -2.57. The first-order valence-corrected chi connectivity index (χ1v) is 10.1. The Morgan fingerprint density at radius 1 is 1.33 bits per heavy atom. The van der Waals surface area contributed by atoms with Gasteiger partial charge in [-0.05, 0) is 64.1 Å². The Kier molecular flexibility index (Phi) is 4.04. The van der Waals surface area contributed by atoms with Crippen LogP contribution in [-0.2, 0) is 6.42 Å². The highest BCUT2D eigenvalue weighted by Gasteiger charge is 2.37. The van der Waals surface area contributed by atoms with E-state index in [-0.39, 0.29) is 17.6 Å². The Labute approximate surface area is 148 Å². The normalized spacial score (nSPS) is 29.9. The molecule has 4 heterocycles. The van der Waals surface area contributed by atoms with Gasteiger partial charge in [0.15, 0.2) is 0 Å². The summed E-state index contributed by atoms with van der Waals surface area (Å²) in [6, 6.07) is 4.43. The minimum atomic E-state index is -0.232. The fourth-order valence-electron chi connectivity index (χ4n) is 4.34. The maximum Gasteiger partial charge on any atom is 0.255 e. The molecule has 4 aliphatic rings. The van der Waals surface area contributed by atoms with Gasteiger partial charge in [-0.1, -0.05) is 0 Å². The number of benzene rings is 1. The first-order chi connectivity index (χ1) is 11.4. The number of thioether (sulfide) groups is 1. The monoisotopic (exact) mass is 346 g/mol. The number of nitrogens with zero attached hydrogens (tertiary/aromatic N) is 1. The van der Waals surface area contributed by atoms with Gasteiger partial charge in [0, 0.05) is 29.5 Å². The van der Waals surface area contributed by atoms with E-state index in [4.69, 9.17) is 4.74 Å². The minimum absolute atomic E-state index is 0.0265. The summed E-state index contributed by atoms with van der Waals surface area (Å²) in [5, 5.41) is 3.31. The number of amides is 1. The molecule has 1 aromatic carbocycles. The predicted octanol–water partition coefficient (Wildman–Crippen LogP) is 2.95. The fourth-order valence-corrected chi connectivity index (χ4v) is 4.84. The van der Waals surface area contributed by atoms with Gasteiger partial charge in [0.1, 0.15) is 11.4 Å². The molecule has 130 valence electrons. The fraction of sp³-hybridized carbons (Fsp3) is 0.632. The Balaban J connectivity index is 1.59. The zero-order valence-electron chi connectivity index (χ0n) is 14.7. The van der Waals surface area contributed by atoms with Crippen LogP contribution in [0.2, 0.25) is 0 Å². The highest BCUT2D eigenvalue weighted by atomic mass is 32.2. The summed E-state index contributed by atoms with van der Waals surface area (Å²) < 4.78 is 6.12. The van der Waals surface area contributed by atoms with Gasteiger partial charge in [0.25, 0.3) is 5.91 Å². The number of carbonyl (C=O) groups is 1. The number of ether oxygens (including phenoxy) is 1. The zero-order valence-corrected chi connectivity index (χ0v) is 15.5. The molecule has 0 spiro atoms. The van der Waals surface area contributed by atoms with Crippen LogP contribution in [0, 0.1) is 5.92 Å². The summed E-state index contributed by atoms with van der Waals surface area (Å²) in [5.41, 5.74) is 1.63. The van der Waals surface area contributed by atoms with Crippen LogP contribution in [0.5, 0.6) is 5.75 Å². The molecule has 1 N–H and O–H groups in total. The van der Waals surface area contributed by atoms with E-state index in [1.165, 1.54) is 25.9 Å². The van der Waals surface area contributed by atoms with Crippen molar-refractivity contribution in [3.8, 4) is 5.75 Å². The SMILES string of the molecule is CSc1cc2c(c(C(=O)NC3CN4CCC3CC4)c1)OC(C)(C)C2. The molecule has 0 radical (unpaired) electrons. The summed E-state index contributed by atoms with van der Waals surface area (Å²) in [7, 11) is 0. The van der Waals surface area contributed by atoms with E-state index in [0.29, 0.717) is 11.5 Å². The Bertz CT molecular complexity index is 666. The average molecular weight is 346 g/mol. The van der Waals surface area contributed by atoms with Crippen LogP contribution in [0.25, 0.3) is 0 Å². The molecule has 5 heteroatoms. The molecule has 4 nitrogen and oxygen atoms in total. The second kappa shape index (κ2) is 5.95. The average Bonchev–Trinajstić information content (AvgIpc) is 2.88. The molecule has 5 rings (SSSR count). The second-order valence-electron chi connectivity index (χ2n) is 7.92. The number of piperidine rings is 3. The summed E-state index contributed by atoms with van der Waals surface area (Å²) in [5.74, 6) is 1.45. The molecule has 0 saturated carbocycles. The third-order valence-corrected chi connectivity index (χ3v) is 6.29. The van der Waals surface area contributed by atoms with Crippen molar-refractivity contribution < 1.29 is 9.53 Å². The molecule has 4 aliphatic heterocycles. The lowest BCUT2D eigenvalue weighted by molar-refractivity contribution is 0.0616.